The SMILES string of the molecule is CC(O)c1cn(Cc2cccnc2)c2ccccc12. The summed E-state index contributed by atoms with van der Waals surface area (Å²) in [6, 6.07) is 12.2. The van der Waals surface area contributed by atoms with Crippen LogP contribution < -0.4 is 0 Å². The molecular weight excluding hydrogens is 236 g/mol. The lowest BCUT2D eigenvalue weighted by atomic mass is 10.1. The maximum atomic E-state index is 9.88. The first kappa shape index (κ1) is 11.9. The predicted octanol–water partition coefficient (Wildman–Crippen LogP) is 3.14. The van der Waals surface area contributed by atoms with E-state index in [-0.39, 0.29) is 0 Å². The summed E-state index contributed by atoms with van der Waals surface area (Å²) < 4.78 is 2.16. The van der Waals surface area contributed by atoms with E-state index in [0.717, 1.165) is 28.6 Å². The third kappa shape index (κ3) is 2.25. The molecule has 3 rings (SSSR count). The number of aliphatic hydroxyl groups excluding tert-OH is 1. The first-order valence-electron chi connectivity index (χ1n) is 6.40. The van der Waals surface area contributed by atoms with Crippen molar-refractivity contribution in [2.24, 2.45) is 0 Å². The van der Waals surface area contributed by atoms with E-state index in [1.54, 1.807) is 13.1 Å². The molecule has 0 saturated heterocycles. The number of nitrogens with zero attached hydrogens (tertiary/aromatic N) is 2. The third-order valence-electron chi connectivity index (χ3n) is 3.35. The van der Waals surface area contributed by atoms with Gasteiger partial charge in [-0.25, -0.2) is 0 Å². The van der Waals surface area contributed by atoms with Crippen LogP contribution >= 0.6 is 0 Å². The van der Waals surface area contributed by atoms with Gasteiger partial charge in [-0.1, -0.05) is 24.3 Å². The van der Waals surface area contributed by atoms with Crippen LogP contribution in [0.1, 0.15) is 24.2 Å². The maximum absolute atomic E-state index is 9.88. The highest BCUT2D eigenvalue weighted by atomic mass is 16.3. The van der Waals surface area contributed by atoms with Gasteiger partial charge in [-0.15, -0.1) is 0 Å². The predicted molar refractivity (Wildman–Crippen MR) is 75.9 cm³/mol. The van der Waals surface area contributed by atoms with Gasteiger partial charge in [0, 0.05) is 41.6 Å². The molecule has 1 N–H and O–H groups in total. The largest absolute Gasteiger partial charge is 0.389 e. The number of para-hydroxylation sites is 1. The molecule has 1 unspecified atom stereocenters. The summed E-state index contributed by atoms with van der Waals surface area (Å²) in [4.78, 5) is 4.14. The Bertz CT molecular complexity index is 686. The highest BCUT2D eigenvalue weighted by molar-refractivity contribution is 5.84. The van der Waals surface area contributed by atoms with Crippen molar-refractivity contribution < 1.29 is 5.11 Å². The lowest BCUT2D eigenvalue weighted by Crippen LogP contribution is -1.98. The van der Waals surface area contributed by atoms with Gasteiger partial charge in [-0.05, 0) is 24.6 Å². The Kier molecular flexibility index (Phi) is 3.05. The second-order valence-corrected chi connectivity index (χ2v) is 4.77. The average molecular weight is 252 g/mol. The number of rotatable bonds is 3. The fourth-order valence-electron chi connectivity index (χ4n) is 2.43. The minimum Gasteiger partial charge on any atom is -0.389 e. The molecule has 0 aliphatic heterocycles. The highest BCUT2D eigenvalue weighted by Crippen LogP contribution is 2.26. The molecule has 2 aromatic heterocycles. The first-order chi connectivity index (χ1) is 9.25. The molecule has 0 amide bonds. The Hall–Kier alpha value is -2.13. The van der Waals surface area contributed by atoms with Crippen molar-refractivity contribution in [3.05, 3.63) is 66.1 Å². The Balaban J connectivity index is 2.09. The Morgan fingerprint density at radius 3 is 2.79 bits per heavy atom. The second-order valence-electron chi connectivity index (χ2n) is 4.77. The average Bonchev–Trinajstić information content (AvgIpc) is 2.79. The molecule has 0 aliphatic carbocycles. The number of aliphatic hydroxyl groups is 1. The van der Waals surface area contributed by atoms with Gasteiger partial charge in [-0.3, -0.25) is 4.98 Å². The summed E-state index contributed by atoms with van der Waals surface area (Å²) in [5, 5.41) is 11.0. The number of aromatic nitrogens is 2. The fraction of sp³-hybridized carbons (Fsp3) is 0.188. The lowest BCUT2D eigenvalue weighted by molar-refractivity contribution is 0.200. The number of benzene rings is 1. The zero-order chi connectivity index (χ0) is 13.2. The smallest absolute Gasteiger partial charge is 0.0782 e. The number of hydrogen-bond acceptors (Lipinski definition) is 2. The normalized spacial score (nSPS) is 12.7. The summed E-state index contributed by atoms with van der Waals surface area (Å²) >= 11 is 0. The Labute approximate surface area is 112 Å². The number of fused-ring (bicyclic) bond motifs is 1. The van der Waals surface area contributed by atoms with Crippen LogP contribution in [-0.2, 0) is 6.54 Å². The van der Waals surface area contributed by atoms with E-state index < -0.39 is 6.10 Å². The van der Waals surface area contributed by atoms with Gasteiger partial charge in [0.15, 0.2) is 0 Å². The summed E-state index contributed by atoms with van der Waals surface area (Å²) in [5.41, 5.74) is 3.27. The quantitative estimate of drug-likeness (QED) is 0.777. The molecule has 0 spiro atoms. The van der Waals surface area contributed by atoms with Crippen LogP contribution in [-0.4, -0.2) is 14.7 Å². The van der Waals surface area contributed by atoms with Crippen LogP contribution in [0.25, 0.3) is 10.9 Å². The van der Waals surface area contributed by atoms with E-state index in [1.807, 2.05) is 30.6 Å². The van der Waals surface area contributed by atoms with Crippen molar-refractivity contribution in [1.82, 2.24) is 9.55 Å². The molecule has 0 radical (unpaired) electrons. The fourth-order valence-corrected chi connectivity index (χ4v) is 2.43. The van der Waals surface area contributed by atoms with Gasteiger partial charge < -0.3 is 9.67 Å². The third-order valence-corrected chi connectivity index (χ3v) is 3.35. The molecule has 0 saturated carbocycles. The van der Waals surface area contributed by atoms with Gasteiger partial charge in [0.2, 0.25) is 0 Å². The summed E-state index contributed by atoms with van der Waals surface area (Å²) in [6.45, 7) is 2.57. The van der Waals surface area contributed by atoms with Crippen LogP contribution in [0.4, 0.5) is 0 Å². The lowest BCUT2D eigenvalue weighted by Gasteiger charge is -2.04. The molecule has 96 valence electrons. The standard InChI is InChI=1S/C16H16N2O/c1-12(19)15-11-18(10-13-5-4-8-17-9-13)16-7-3-2-6-14(15)16/h2-9,11-12,19H,10H2,1H3. The molecule has 0 aliphatic rings. The van der Waals surface area contributed by atoms with Crippen molar-refractivity contribution >= 4 is 10.9 Å². The van der Waals surface area contributed by atoms with Crippen molar-refractivity contribution in [1.29, 1.82) is 0 Å². The number of pyridine rings is 1. The van der Waals surface area contributed by atoms with Gasteiger partial charge >= 0.3 is 0 Å². The first-order valence-corrected chi connectivity index (χ1v) is 6.40. The van der Waals surface area contributed by atoms with Gasteiger partial charge in [-0.2, -0.15) is 0 Å². The van der Waals surface area contributed by atoms with E-state index in [2.05, 4.69) is 27.8 Å². The monoisotopic (exact) mass is 252 g/mol. The van der Waals surface area contributed by atoms with Crippen molar-refractivity contribution in [2.75, 3.05) is 0 Å². The van der Waals surface area contributed by atoms with Crippen LogP contribution in [0.15, 0.2) is 55.0 Å². The molecule has 19 heavy (non-hydrogen) atoms. The van der Waals surface area contributed by atoms with E-state index >= 15 is 0 Å². The van der Waals surface area contributed by atoms with Crippen LogP contribution in [0.3, 0.4) is 0 Å². The van der Waals surface area contributed by atoms with Crippen molar-refractivity contribution in [3.63, 3.8) is 0 Å². The summed E-state index contributed by atoms with van der Waals surface area (Å²) in [7, 11) is 0. The van der Waals surface area contributed by atoms with E-state index in [1.165, 1.54) is 0 Å². The minimum absolute atomic E-state index is 0.458. The van der Waals surface area contributed by atoms with E-state index in [4.69, 9.17) is 0 Å². The Morgan fingerprint density at radius 2 is 2.05 bits per heavy atom. The van der Waals surface area contributed by atoms with E-state index in [9.17, 15) is 5.11 Å². The molecule has 0 fully saturated rings. The molecule has 3 heteroatoms. The molecule has 1 atom stereocenters. The van der Waals surface area contributed by atoms with Gasteiger partial charge in [0.1, 0.15) is 0 Å². The van der Waals surface area contributed by atoms with Crippen molar-refractivity contribution in [3.8, 4) is 0 Å². The molecule has 1 aromatic carbocycles. The molecule has 3 nitrogen and oxygen atoms in total. The summed E-state index contributed by atoms with van der Waals surface area (Å²) in [5.74, 6) is 0. The van der Waals surface area contributed by atoms with Gasteiger partial charge in [0.05, 0.1) is 6.10 Å². The van der Waals surface area contributed by atoms with Crippen LogP contribution in [0, 0.1) is 0 Å². The Morgan fingerprint density at radius 1 is 1.21 bits per heavy atom. The van der Waals surface area contributed by atoms with Crippen LogP contribution in [0.2, 0.25) is 0 Å². The van der Waals surface area contributed by atoms with E-state index in [0.29, 0.717) is 0 Å². The number of hydrogen-bond donors (Lipinski definition) is 1. The van der Waals surface area contributed by atoms with Crippen molar-refractivity contribution in [2.45, 2.75) is 19.6 Å². The van der Waals surface area contributed by atoms with Crippen LogP contribution in [0.5, 0.6) is 0 Å². The molecule has 0 bridgehead atoms. The minimum atomic E-state index is -0.458. The topological polar surface area (TPSA) is 38.0 Å². The second kappa shape index (κ2) is 4.86. The molecule has 3 aromatic rings. The maximum Gasteiger partial charge on any atom is 0.0782 e. The molecular formula is C16H16N2O. The molecule has 2 heterocycles. The summed E-state index contributed by atoms with van der Waals surface area (Å²) in [6.07, 6.45) is 5.22. The highest BCUT2D eigenvalue weighted by Gasteiger charge is 2.11. The zero-order valence-corrected chi connectivity index (χ0v) is 10.8. The van der Waals surface area contributed by atoms with Gasteiger partial charge in [0.25, 0.3) is 0 Å². The zero-order valence-electron chi connectivity index (χ0n) is 10.8.